The molecular formula is C13H11FN6O. The van der Waals surface area contributed by atoms with Crippen molar-refractivity contribution in [3.05, 3.63) is 47.8 Å². The van der Waals surface area contributed by atoms with Gasteiger partial charge in [-0.15, -0.1) is 0 Å². The minimum atomic E-state index is -0.672. The molecule has 1 aromatic carbocycles. The molecule has 0 saturated carbocycles. The first-order valence-corrected chi connectivity index (χ1v) is 6.06. The van der Waals surface area contributed by atoms with Gasteiger partial charge in [0.15, 0.2) is 11.5 Å². The quantitative estimate of drug-likeness (QED) is 0.735. The molecular weight excluding hydrogens is 275 g/mol. The number of nitrogen functional groups attached to an aromatic ring is 1. The summed E-state index contributed by atoms with van der Waals surface area (Å²) in [4.78, 5) is 23.0. The van der Waals surface area contributed by atoms with Gasteiger partial charge in [-0.3, -0.25) is 4.79 Å². The second-order valence-electron chi connectivity index (χ2n) is 4.47. The Hall–Kier alpha value is -3.03. The number of benzene rings is 1. The van der Waals surface area contributed by atoms with Crippen molar-refractivity contribution < 1.29 is 9.18 Å². The molecule has 0 fully saturated rings. The van der Waals surface area contributed by atoms with Gasteiger partial charge >= 0.3 is 0 Å². The molecule has 0 spiro atoms. The van der Waals surface area contributed by atoms with Gasteiger partial charge in [-0.2, -0.15) is 0 Å². The van der Waals surface area contributed by atoms with Gasteiger partial charge < -0.3 is 16.0 Å². The summed E-state index contributed by atoms with van der Waals surface area (Å²) in [6.07, 6.45) is 2.83. The van der Waals surface area contributed by atoms with Crippen LogP contribution >= 0.6 is 0 Å². The van der Waals surface area contributed by atoms with E-state index in [0.29, 0.717) is 16.7 Å². The maximum Gasteiger partial charge on any atom is 0.248 e. The van der Waals surface area contributed by atoms with Crippen LogP contribution in [-0.2, 0) is 6.54 Å². The lowest BCUT2D eigenvalue weighted by Gasteiger charge is -2.06. The number of aromatic nitrogens is 4. The minimum absolute atomic E-state index is 0.123. The number of carbonyl (C=O) groups is 1. The molecule has 3 aromatic rings. The number of rotatable bonds is 3. The lowest BCUT2D eigenvalue weighted by atomic mass is 10.1. The van der Waals surface area contributed by atoms with Crippen molar-refractivity contribution in [2.75, 3.05) is 5.73 Å². The molecule has 0 bridgehead atoms. The zero-order valence-electron chi connectivity index (χ0n) is 10.8. The van der Waals surface area contributed by atoms with Crippen LogP contribution < -0.4 is 11.5 Å². The van der Waals surface area contributed by atoms with Gasteiger partial charge in [0.25, 0.3) is 0 Å². The molecule has 2 heterocycles. The Labute approximate surface area is 118 Å². The summed E-state index contributed by atoms with van der Waals surface area (Å²) in [5.41, 5.74) is 12.3. The van der Waals surface area contributed by atoms with Crippen LogP contribution in [0.2, 0.25) is 0 Å². The second kappa shape index (κ2) is 4.82. The van der Waals surface area contributed by atoms with Crippen molar-refractivity contribution in [1.82, 2.24) is 19.5 Å². The van der Waals surface area contributed by atoms with E-state index in [1.807, 2.05) is 0 Å². The van der Waals surface area contributed by atoms with Crippen LogP contribution in [0.15, 0.2) is 30.9 Å². The Morgan fingerprint density at radius 3 is 2.81 bits per heavy atom. The van der Waals surface area contributed by atoms with Crippen LogP contribution in [0, 0.1) is 5.82 Å². The molecule has 0 aliphatic rings. The summed E-state index contributed by atoms with van der Waals surface area (Å²) in [5.74, 6) is -0.924. The molecule has 4 N–H and O–H groups in total. The molecule has 0 aliphatic carbocycles. The van der Waals surface area contributed by atoms with E-state index < -0.39 is 11.7 Å². The monoisotopic (exact) mass is 286 g/mol. The number of fused-ring (bicyclic) bond motifs is 1. The molecule has 2 aromatic heterocycles. The van der Waals surface area contributed by atoms with Gasteiger partial charge in [0.1, 0.15) is 17.7 Å². The number of amides is 1. The van der Waals surface area contributed by atoms with Crippen molar-refractivity contribution in [3.8, 4) is 0 Å². The molecule has 106 valence electrons. The van der Waals surface area contributed by atoms with Crippen molar-refractivity contribution in [1.29, 1.82) is 0 Å². The smallest absolute Gasteiger partial charge is 0.248 e. The van der Waals surface area contributed by atoms with E-state index in [1.54, 1.807) is 4.57 Å². The van der Waals surface area contributed by atoms with Crippen molar-refractivity contribution in [2.24, 2.45) is 5.73 Å². The lowest BCUT2D eigenvalue weighted by Crippen LogP contribution is -2.12. The normalized spacial score (nSPS) is 10.9. The van der Waals surface area contributed by atoms with Gasteiger partial charge in [0.2, 0.25) is 5.91 Å². The van der Waals surface area contributed by atoms with Crippen molar-refractivity contribution in [3.63, 3.8) is 0 Å². The third-order valence-corrected chi connectivity index (χ3v) is 3.11. The van der Waals surface area contributed by atoms with Gasteiger partial charge in [0.05, 0.1) is 12.9 Å². The number of anilines is 1. The van der Waals surface area contributed by atoms with Gasteiger partial charge in [-0.05, 0) is 12.1 Å². The van der Waals surface area contributed by atoms with Gasteiger partial charge in [-0.25, -0.2) is 19.3 Å². The first kappa shape index (κ1) is 13.0. The first-order chi connectivity index (χ1) is 10.1. The molecule has 1 amide bonds. The number of nitrogens with two attached hydrogens (primary N) is 2. The highest BCUT2D eigenvalue weighted by Gasteiger charge is 2.11. The van der Waals surface area contributed by atoms with E-state index in [9.17, 15) is 9.18 Å². The zero-order chi connectivity index (χ0) is 15.0. The van der Waals surface area contributed by atoms with Crippen LogP contribution in [0.25, 0.3) is 11.2 Å². The Morgan fingerprint density at radius 1 is 1.29 bits per heavy atom. The highest BCUT2D eigenvalue weighted by molar-refractivity contribution is 5.92. The number of primary amides is 1. The van der Waals surface area contributed by atoms with E-state index in [-0.39, 0.29) is 17.9 Å². The molecule has 0 aliphatic heterocycles. The van der Waals surface area contributed by atoms with Crippen molar-refractivity contribution in [2.45, 2.75) is 6.54 Å². The molecule has 7 nitrogen and oxygen atoms in total. The zero-order valence-corrected chi connectivity index (χ0v) is 10.8. The predicted molar refractivity (Wildman–Crippen MR) is 73.8 cm³/mol. The number of imidazole rings is 1. The number of carbonyl (C=O) groups excluding carboxylic acids is 1. The maximum absolute atomic E-state index is 14.0. The van der Waals surface area contributed by atoms with Crippen LogP contribution in [0.3, 0.4) is 0 Å². The van der Waals surface area contributed by atoms with E-state index in [0.717, 1.165) is 6.07 Å². The number of nitrogens with zero attached hydrogens (tertiary/aromatic N) is 4. The molecule has 0 saturated heterocycles. The van der Waals surface area contributed by atoms with E-state index in [4.69, 9.17) is 11.5 Å². The lowest BCUT2D eigenvalue weighted by molar-refractivity contribution is 0.1000. The van der Waals surface area contributed by atoms with Gasteiger partial charge in [0, 0.05) is 11.1 Å². The fraction of sp³-hybridized carbons (Fsp3) is 0.0769. The maximum atomic E-state index is 14.0. The van der Waals surface area contributed by atoms with Crippen LogP contribution in [0.1, 0.15) is 15.9 Å². The van der Waals surface area contributed by atoms with Gasteiger partial charge in [-0.1, -0.05) is 6.07 Å². The third kappa shape index (κ3) is 2.27. The van der Waals surface area contributed by atoms with Crippen LogP contribution in [-0.4, -0.2) is 25.4 Å². The molecule has 3 rings (SSSR count). The minimum Gasteiger partial charge on any atom is -0.382 e. The van der Waals surface area contributed by atoms with Crippen LogP contribution in [0.4, 0.5) is 10.2 Å². The Morgan fingerprint density at radius 2 is 2.10 bits per heavy atom. The highest BCUT2D eigenvalue weighted by Crippen LogP contribution is 2.17. The summed E-state index contributed by atoms with van der Waals surface area (Å²) in [7, 11) is 0. The SMILES string of the molecule is NC(=O)c1ccc(Cn2cnc3c(N)ncnc32)c(F)c1. The topological polar surface area (TPSA) is 113 Å². The summed E-state index contributed by atoms with van der Waals surface area (Å²) < 4.78 is 15.6. The third-order valence-electron chi connectivity index (χ3n) is 3.11. The summed E-state index contributed by atoms with van der Waals surface area (Å²) >= 11 is 0. The standard InChI is InChI=1S/C13H11FN6O/c14-9-3-7(12(16)21)1-2-8(9)4-20-6-19-10-11(15)17-5-18-13(10)20/h1-3,5-6H,4H2,(H2,16,21)(H2,15,17,18). The fourth-order valence-corrected chi connectivity index (χ4v) is 2.03. The molecule has 0 unspecified atom stereocenters. The molecule has 0 atom stereocenters. The summed E-state index contributed by atoms with van der Waals surface area (Å²) in [6, 6.07) is 4.09. The van der Waals surface area contributed by atoms with E-state index >= 15 is 0 Å². The largest absolute Gasteiger partial charge is 0.382 e. The van der Waals surface area contributed by atoms with Crippen LogP contribution in [0.5, 0.6) is 0 Å². The van der Waals surface area contributed by atoms with E-state index in [2.05, 4.69) is 15.0 Å². The summed E-state index contributed by atoms with van der Waals surface area (Å²) in [6.45, 7) is 0.206. The van der Waals surface area contributed by atoms with E-state index in [1.165, 1.54) is 24.8 Å². The van der Waals surface area contributed by atoms with Crippen molar-refractivity contribution >= 4 is 22.9 Å². The molecule has 21 heavy (non-hydrogen) atoms. The average Bonchev–Trinajstić information content (AvgIpc) is 2.85. The highest BCUT2D eigenvalue weighted by atomic mass is 19.1. The molecule has 0 radical (unpaired) electrons. The molecule has 8 heteroatoms. The fourth-order valence-electron chi connectivity index (χ4n) is 2.03. The number of halogens is 1. The predicted octanol–water partition coefficient (Wildman–Crippen LogP) is 0.695. The Kier molecular flexibility index (Phi) is 2.98. The Balaban J connectivity index is 1.99. The first-order valence-electron chi connectivity index (χ1n) is 6.06. The summed E-state index contributed by atoms with van der Waals surface area (Å²) in [5, 5.41) is 0. The average molecular weight is 286 g/mol. The number of hydrogen-bond acceptors (Lipinski definition) is 5. The second-order valence-corrected chi connectivity index (χ2v) is 4.47. The number of hydrogen-bond donors (Lipinski definition) is 2. The Bertz CT molecular complexity index is 844.